The lowest BCUT2D eigenvalue weighted by Gasteiger charge is -2.26. The molecule has 0 spiro atoms. The molecule has 2 aromatic carbocycles. The predicted octanol–water partition coefficient (Wildman–Crippen LogP) is 4.69. The molecule has 1 N–H and O–H groups in total. The summed E-state index contributed by atoms with van der Waals surface area (Å²) in [5, 5.41) is 2.78. The molecule has 0 saturated carbocycles. The number of anilines is 1. The minimum atomic E-state index is -3.71. The maximum absolute atomic E-state index is 14.1. The highest BCUT2D eigenvalue weighted by Crippen LogP contribution is 2.31. The van der Waals surface area contributed by atoms with Crippen molar-refractivity contribution in [2.45, 2.75) is 44.1 Å². The molecule has 0 atom stereocenters. The van der Waals surface area contributed by atoms with Gasteiger partial charge in [-0.3, -0.25) is 4.79 Å². The van der Waals surface area contributed by atoms with Crippen molar-refractivity contribution in [3.63, 3.8) is 0 Å². The lowest BCUT2D eigenvalue weighted by atomic mass is 10.2. The summed E-state index contributed by atoms with van der Waals surface area (Å²) in [6, 6.07) is 7.95. The molecule has 0 bridgehead atoms. The van der Waals surface area contributed by atoms with Crippen LogP contribution in [0.15, 0.2) is 41.3 Å². The fourth-order valence-electron chi connectivity index (χ4n) is 3.24. The summed E-state index contributed by atoms with van der Waals surface area (Å²) in [5.41, 5.74) is -0.103. The van der Waals surface area contributed by atoms with Crippen LogP contribution in [-0.4, -0.2) is 37.8 Å². The zero-order valence-corrected chi connectivity index (χ0v) is 18.4. The molecule has 1 heterocycles. The van der Waals surface area contributed by atoms with Gasteiger partial charge in [-0.1, -0.05) is 18.0 Å². The van der Waals surface area contributed by atoms with Gasteiger partial charge in [-0.2, -0.15) is 4.31 Å². The van der Waals surface area contributed by atoms with Gasteiger partial charge in [0, 0.05) is 18.1 Å². The van der Waals surface area contributed by atoms with Crippen molar-refractivity contribution in [1.82, 2.24) is 4.31 Å². The largest absolute Gasteiger partial charge is 0.489 e. The Morgan fingerprint density at radius 2 is 1.83 bits per heavy atom. The van der Waals surface area contributed by atoms with E-state index in [4.69, 9.17) is 16.3 Å². The number of hydrogen-bond acceptors (Lipinski definition) is 4. The lowest BCUT2D eigenvalue weighted by molar-refractivity contribution is 0.102. The number of ether oxygens (including phenoxy) is 1. The third-order valence-corrected chi connectivity index (χ3v) is 6.82. The summed E-state index contributed by atoms with van der Waals surface area (Å²) in [7, 11) is -3.71. The first-order valence-electron chi connectivity index (χ1n) is 9.76. The van der Waals surface area contributed by atoms with E-state index in [0.717, 1.165) is 25.3 Å². The molecule has 1 saturated heterocycles. The quantitative estimate of drug-likeness (QED) is 0.686. The van der Waals surface area contributed by atoms with Crippen molar-refractivity contribution in [3.8, 4) is 5.75 Å². The van der Waals surface area contributed by atoms with E-state index < -0.39 is 21.7 Å². The van der Waals surface area contributed by atoms with Gasteiger partial charge in [-0.05, 0) is 63.1 Å². The van der Waals surface area contributed by atoms with Crippen LogP contribution < -0.4 is 10.1 Å². The maximum atomic E-state index is 14.1. The SMILES string of the molecule is CC(C)Oc1ccc(S(=O)(=O)N2CCCCC2)cc1NC(=O)c1cc(Cl)ccc1F. The summed E-state index contributed by atoms with van der Waals surface area (Å²) < 4.78 is 47.3. The first kappa shape index (κ1) is 22.5. The fraction of sp³-hybridized carbons (Fsp3) is 0.381. The summed E-state index contributed by atoms with van der Waals surface area (Å²) in [5.74, 6) is -1.20. The van der Waals surface area contributed by atoms with E-state index in [0.29, 0.717) is 18.8 Å². The Bertz CT molecular complexity index is 1040. The van der Waals surface area contributed by atoms with Crippen molar-refractivity contribution in [1.29, 1.82) is 0 Å². The average molecular weight is 455 g/mol. The van der Waals surface area contributed by atoms with Crippen molar-refractivity contribution < 1.29 is 22.3 Å². The van der Waals surface area contributed by atoms with Gasteiger partial charge in [-0.15, -0.1) is 0 Å². The second-order valence-corrected chi connectivity index (χ2v) is 9.74. The van der Waals surface area contributed by atoms with Gasteiger partial charge in [0.05, 0.1) is 22.3 Å². The van der Waals surface area contributed by atoms with Gasteiger partial charge in [0.2, 0.25) is 10.0 Å². The van der Waals surface area contributed by atoms with E-state index in [2.05, 4.69) is 5.32 Å². The highest BCUT2D eigenvalue weighted by Gasteiger charge is 2.27. The number of amides is 1. The molecule has 1 amide bonds. The van der Waals surface area contributed by atoms with E-state index in [1.165, 1.54) is 34.6 Å². The number of hydrogen-bond donors (Lipinski definition) is 1. The third-order valence-electron chi connectivity index (χ3n) is 4.69. The number of halogens is 2. The highest BCUT2D eigenvalue weighted by molar-refractivity contribution is 7.89. The first-order chi connectivity index (χ1) is 14.2. The second-order valence-electron chi connectivity index (χ2n) is 7.37. The number of sulfonamides is 1. The van der Waals surface area contributed by atoms with Crippen LogP contribution in [0.2, 0.25) is 5.02 Å². The minimum absolute atomic E-state index is 0.0439. The summed E-state index contributed by atoms with van der Waals surface area (Å²) in [6.45, 7) is 4.53. The number of rotatable bonds is 6. The molecule has 30 heavy (non-hydrogen) atoms. The molecule has 0 radical (unpaired) electrons. The number of nitrogens with zero attached hydrogens (tertiary/aromatic N) is 1. The van der Waals surface area contributed by atoms with Crippen molar-refractivity contribution in [2.75, 3.05) is 18.4 Å². The molecular weight excluding hydrogens is 431 g/mol. The zero-order chi connectivity index (χ0) is 21.9. The standard InChI is InChI=1S/C21H24ClFN2O4S/c1-14(2)29-20-9-7-16(30(27,28)25-10-4-3-5-11-25)13-19(20)24-21(26)17-12-15(22)6-8-18(17)23/h6-9,12-14H,3-5,10-11H2,1-2H3,(H,24,26). The maximum Gasteiger partial charge on any atom is 0.258 e. The van der Waals surface area contributed by atoms with Crippen molar-refractivity contribution in [3.05, 3.63) is 52.8 Å². The zero-order valence-electron chi connectivity index (χ0n) is 16.8. The van der Waals surface area contributed by atoms with Crippen LogP contribution in [-0.2, 0) is 10.0 Å². The average Bonchev–Trinajstić information content (AvgIpc) is 2.71. The highest BCUT2D eigenvalue weighted by atomic mass is 35.5. The molecule has 1 fully saturated rings. The Labute approximate surface area is 181 Å². The Kier molecular flexibility index (Phi) is 7.00. The molecule has 0 aliphatic carbocycles. The van der Waals surface area contributed by atoms with Crippen molar-refractivity contribution in [2.24, 2.45) is 0 Å². The Balaban J connectivity index is 1.97. The fourth-order valence-corrected chi connectivity index (χ4v) is 4.96. The number of carbonyl (C=O) groups is 1. The van der Waals surface area contributed by atoms with Gasteiger partial charge in [-0.25, -0.2) is 12.8 Å². The van der Waals surface area contributed by atoms with E-state index >= 15 is 0 Å². The third kappa shape index (κ3) is 5.11. The molecule has 162 valence electrons. The summed E-state index contributed by atoms with van der Waals surface area (Å²) in [4.78, 5) is 12.7. The van der Waals surface area contributed by atoms with Gasteiger partial charge in [0.25, 0.3) is 5.91 Å². The normalized spacial score (nSPS) is 15.2. The predicted molar refractivity (Wildman–Crippen MR) is 114 cm³/mol. The van der Waals surface area contributed by atoms with Gasteiger partial charge in [0.15, 0.2) is 0 Å². The van der Waals surface area contributed by atoms with Gasteiger partial charge in [0.1, 0.15) is 11.6 Å². The Morgan fingerprint density at radius 3 is 2.50 bits per heavy atom. The molecule has 9 heteroatoms. The van der Waals surface area contributed by atoms with Crippen LogP contribution in [0.4, 0.5) is 10.1 Å². The topological polar surface area (TPSA) is 75.7 Å². The minimum Gasteiger partial charge on any atom is -0.489 e. The second kappa shape index (κ2) is 9.32. The number of benzene rings is 2. The van der Waals surface area contributed by atoms with Crippen LogP contribution in [0.1, 0.15) is 43.5 Å². The van der Waals surface area contributed by atoms with Crippen LogP contribution in [0.25, 0.3) is 0 Å². The molecule has 1 aliphatic heterocycles. The van der Waals surface area contributed by atoms with Crippen LogP contribution in [0.5, 0.6) is 5.75 Å². The molecule has 0 unspecified atom stereocenters. The molecular formula is C21H24ClFN2O4S. The molecule has 0 aromatic heterocycles. The van der Waals surface area contributed by atoms with Crippen LogP contribution >= 0.6 is 11.6 Å². The molecule has 3 rings (SSSR count). The number of piperidine rings is 1. The smallest absolute Gasteiger partial charge is 0.258 e. The van der Waals surface area contributed by atoms with Crippen molar-refractivity contribution >= 4 is 33.2 Å². The molecule has 6 nitrogen and oxygen atoms in total. The molecule has 2 aromatic rings. The van der Waals surface area contributed by atoms with E-state index in [-0.39, 0.29) is 27.3 Å². The lowest BCUT2D eigenvalue weighted by Crippen LogP contribution is -2.35. The number of nitrogens with one attached hydrogen (secondary N) is 1. The Morgan fingerprint density at radius 1 is 1.13 bits per heavy atom. The number of carbonyl (C=O) groups excluding carboxylic acids is 1. The monoisotopic (exact) mass is 454 g/mol. The van der Waals surface area contributed by atoms with E-state index in [1.54, 1.807) is 13.8 Å². The summed E-state index contributed by atoms with van der Waals surface area (Å²) in [6.07, 6.45) is 2.41. The van der Waals surface area contributed by atoms with Gasteiger partial charge < -0.3 is 10.1 Å². The van der Waals surface area contributed by atoms with E-state index in [9.17, 15) is 17.6 Å². The summed E-state index contributed by atoms with van der Waals surface area (Å²) >= 11 is 5.88. The van der Waals surface area contributed by atoms with Crippen LogP contribution in [0.3, 0.4) is 0 Å². The molecule has 1 aliphatic rings. The van der Waals surface area contributed by atoms with Gasteiger partial charge >= 0.3 is 0 Å². The van der Waals surface area contributed by atoms with Crippen LogP contribution in [0, 0.1) is 5.82 Å². The first-order valence-corrected chi connectivity index (χ1v) is 11.6. The van der Waals surface area contributed by atoms with E-state index in [1.807, 2.05) is 0 Å². The Hall–Kier alpha value is -2.16.